The van der Waals surface area contributed by atoms with E-state index in [-0.39, 0.29) is 42.1 Å². The number of esters is 3. The van der Waals surface area contributed by atoms with Crippen LogP contribution in [0.3, 0.4) is 0 Å². The Morgan fingerprint density at radius 1 is 0.881 bits per heavy atom. The fraction of sp³-hybridized carbons (Fsp3) is 0.312. The molecule has 0 aromatic heterocycles. The summed E-state index contributed by atoms with van der Waals surface area (Å²) in [6.45, 7) is 4.90. The third-order valence-electron chi connectivity index (χ3n) is 6.87. The Bertz CT molecular complexity index is 1400. The van der Waals surface area contributed by atoms with Crippen LogP contribution in [0, 0.1) is 0 Å². The number of carbonyl (C=O) groups excluding carboxylic acids is 4. The largest absolute Gasteiger partial charge is 0.457 e. The highest BCUT2D eigenvalue weighted by Gasteiger charge is 2.45. The average molecular weight is 577 g/mol. The first-order valence-electron chi connectivity index (χ1n) is 13.6. The van der Waals surface area contributed by atoms with Gasteiger partial charge in [0.1, 0.15) is 35.2 Å². The molecule has 0 spiro atoms. The Morgan fingerprint density at radius 2 is 1.45 bits per heavy atom. The van der Waals surface area contributed by atoms with E-state index in [2.05, 4.69) is 0 Å². The maximum atomic E-state index is 12.8. The molecule has 0 N–H and O–H groups in total. The molecule has 1 atom stereocenters. The minimum absolute atomic E-state index is 0.106. The molecule has 0 bridgehead atoms. The second kappa shape index (κ2) is 13.0. The van der Waals surface area contributed by atoms with E-state index in [4.69, 9.17) is 23.7 Å². The van der Waals surface area contributed by atoms with Crippen molar-refractivity contribution in [1.82, 2.24) is 0 Å². The molecule has 42 heavy (non-hydrogen) atoms. The lowest BCUT2D eigenvalue weighted by Gasteiger charge is -2.41. The molecule has 4 rings (SSSR count). The van der Waals surface area contributed by atoms with Gasteiger partial charge in [-0.15, -0.1) is 0 Å². The van der Waals surface area contributed by atoms with Crippen molar-refractivity contribution in [2.24, 2.45) is 0 Å². The van der Waals surface area contributed by atoms with E-state index >= 15 is 0 Å². The summed E-state index contributed by atoms with van der Waals surface area (Å²) in [5.74, 6) is -0.185. The van der Waals surface area contributed by atoms with E-state index in [9.17, 15) is 19.2 Å². The molecule has 0 aliphatic carbocycles. The van der Waals surface area contributed by atoms with Crippen molar-refractivity contribution < 1.29 is 47.3 Å². The zero-order valence-electron chi connectivity index (χ0n) is 24.1. The summed E-state index contributed by atoms with van der Waals surface area (Å²) in [5.41, 5.74) is 1.03. The van der Waals surface area contributed by atoms with E-state index in [0.717, 1.165) is 12.0 Å². The number of hydrogen-bond acceptors (Lipinski definition) is 9. The maximum Gasteiger partial charge on any atom is 0.362 e. The van der Waals surface area contributed by atoms with Crippen molar-refractivity contribution in [2.45, 2.75) is 39.4 Å². The van der Waals surface area contributed by atoms with Crippen molar-refractivity contribution in [3.05, 3.63) is 83.4 Å². The predicted molar refractivity (Wildman–Crippen MR) is 151 cm³/mol. The van der Waals surface area contributed by atoms with Gasteiger partial charge < -0.3 is 23.7 Å². The summed E-state index contributed by atoms with van der Waals surface area (Å²) in [7, 11) is 1.66. The van der Waals surface area contributed by atoms with Crippen molar-refractivity contribution in [3.63, 3.8) is 0 Å². The van der Waals surface area contributed by atoms with E-state index in [1.54, 1.807) is 43.4 Å². The van der Waals surface area contributed by atoms with Crippen LogP contribution in [0.1, 0.15) is 43.9 Å². The molecule has 0 saturated heterocycles. The molecule has 1 heterocycles. The summed E-state index contributed by atoms with van der Waals surface area (Å²) >= 11 is 0. The van der Waals surface area contributed by atoms with E-state index in [1.807, 2.05) is 37.3 Å². The SMILES string of the molecule is CCOC1(CC[N+](C)(C=O)CC(=O)OCc2ccccc2)c2ccc(OC(C)=O)cc2Oc2cc(OC(C)=O)ccc21. The first kappa shape index (κ1) is 30.4. The van der Waals surface area contributed by atoms with Crippen LogP contribution >= 0.6 is 0 Å². The second-order valence-corrected chi connectivity index (χ2v) is 10.2. The fourth-order valence-corrected chi connectivity index (χ4v) is 4.97. The fourth-order valence-electron chi connectivity index (χ4n) is 4.97. The Balaban J connectivity index is 1.67. The number of fused-ring (bicyclic) bond motifs is 2. The maximum absolute atomic E-state index is 12.8. The van der Waals surface area contributed by atoms with Crippen LogP contribution in [-0.2, 0) is 40.9 Å². The van der Waals surface area contributed by atoms with Crippen molar-refractivity contribution in [3.8, 4) is 23.0 Å². The van der Waals surface area contributed by atoms with Crippen molar-refractivity contribution >= 4 is 24.3 Å². The second-order valence-electron chi connectivity index (χ2n) is 10.2. The molecule has 10 nitrogen and oxygen atoms in total. The number of nitrogens with zero attached hydrogens (tertiary/aromatic N) is 1. The Labute approximate surface area is 244 Å². The molecular weight excluding hydrogens is 542 g/mol. The van der Waals surface area contributed by atoms with Crippen LogP contribution in [-0.4, -0.2) is 55.5 Å². The normalized spacial score (nSPS) is 14.3. The van der Waals surface area contributed by atoms with Crippen LogP contribution in [0.2, 0.25) is 0 Å². The molecule has 1 unspecified atom stereocenters. The Morgan fingerprint density at radius 3 is 1.95 bits per heavy atom. The van der Waals surface area contributed by atoms with Gasteiger partial charge in [0, 0.05) is 50.1 Å². The van der Waals surface area contributed by atoms with Crippen LogP contribution in [0.4, 0.5) is 0 Å². The molecular formula is C32H34NO9+. The van der Waals surface area contributed by atoms with Gasteiger partial charge in [-0.1, -0.05) is 30.3 Å². The average Bonchev–Trinajstić information content (AvgIpc) is 2.95. The van der Waals surface area contributed by atoms with Gasteiger partial charge in [0.05, 0.1) is 13.6 Å². The highest BCUT2D eigenvalue weighted by molar-refractivity contribution is 5.72. The molecule has 0 fully saturated rings. The zero-order valence-corrected chi connectivity index (χ0v) is 24.1. The summed E-state index contributed by atoms with van der Waals surface area (Å²) in [6, 6.07) is 19.3. The third kappa shape index (κ3) is 7.02. The topological polar surface area (TPSA) is 114 Å². The molecule has 0 radical (unpaired) electrons. The Hall–Kier alpha value is -4.54. The van der Waals surface area contributed by atoms with Gasteiger partial charge in [0.15, 0.2) is 6.54 Å². The lowest BCUT2D eigenvalue weighted by atomic mass is 9.80. The van der Waals surface area contributed by atoms with Gasteiger partial charge in [-0.25, -0.2) is 9.59 Å². The van der Waals surface area contributed by atoms with E-state index in [0.29, 0.717) is 29.2 Å². The van der Waals surface area contributed by atoms with Gasteiger partial charge >= 0.3 is 24.3 Å². The molecule has 0 saturated carbocycles. The van der Waals surface area contributed by atoms with Gasteiger partial charge in [-0.3, -0.25) is 14.1 Å². The standard InChI is InChI=1S/C32H34NO9/c1-5-39-32(15-16-33(4,21-34)19-31(37)38-20-24-9-7-6-8-10-24)27-13-11-25(40-22(2)35)17-29(27)42-30-18-26(41-23(3)36)12-14-28(30)32/h6-14,17-18,21H,5,15-16,19-20H2,1-4H3/q+1. The zero-order chi connectivity index (χ0) is 30.3. The molecule has 1 aliphatic rings. The molecule has 1 aliphatic heterocycles. The summed E-state index contributed by atoms with van der Waals surface area (Å²) in [6.07, 6.45) is 0.989. The molecule has 1 amide bonds. The van der Waals surface area contributed by atoms with Gasteiger partial charge in [0.25, 0.3) is 0 Å². The summed E-state index contributed by atoms with van der Waals surface area (Å²) < 4.78 is 28.4. The van der Waals surface area contributed by atoms with Crippen molar-refractivity contribution in [1.29, 1.82) is 0 Å². The van der Waals surface area contributed by atoms with Crippen LogP contribution in [0.25, 0.3) is 0 Å². The lowest BCUT2D eigenvalue weighted by molar-refractivity contribution is -0.819. The first-order chi connectivity index (χ1) is 20.1. The molecule has 10 heteroatoms. The van der Waals surface area contributed by atoms with E-state index < -0.39 is 23.5 Å². The number of quaternary nitrogens is 1. The van der Waals surface area contributed by atoms with Gasteiger partial charge in [-0.05, 0) is 36.8 Å². The number of amides is 1. The molecule has 220 valence electrons. The monoisotopic (exact) mass is 576 g/mol. The molecule has 3 aromatic carbocycles. The highest BCUT2D eigenvalue weighted by Crippen LogP contribution is 2.52. The summed E-state index contributed by atoms with van der Waals surface area (Å²) in [4.78, 5) is 48.3. The Kier molecular flexibility index (Phi) is 9.39. The molecule has 3 aromatic rings. The van der Waals surface area contributed by atoms with Crippen LogP contribution in [0.15, 0.2) is 66.7 Å². The minimum Gasteiger partial charge on any atom is -0.457 e. The quantitative estimate of drug-likeness (QED) is 0.131. The number of likely N-dealkylation sites (N-methyl/N-ethyl adjacent to an activating group) is 1. The number of ether oxygens (including phenoxy) is 5. The van der Waals surface area contributed by atoms with Gasteiger partial charge in [0.2, 0.25) is 0 Å². The smallest absolute Gasteiger partial charge is 0.362 e. The number of benzene rings is 3. The van der Waals surface area contributed by atoms with Crippen LogP contribution in [0.5, 0.6) is 23.0 Å². The highest BCUT2D eigenvalue weighted by atomic mass is 16.5. The minimum atomic E-state index is -1.11. The first-order valence-corrected chi connectivity index (χ1v) is 13.6. The number of rotatable bonds is 12. The number of carbonyl (C=O) groups is 4. The summed E-state index contributed by atoms with van der Waals surface area (Å²) in [5, 5.41) is 0. The number of hydrogen-bond donors (Lipinski definition) is 0. The lowest BCUT2D eigenvalue weighted by Crippen LogP contribution is -2.50. The van der Waals surface area contributed by atoms with Crippen molar-refractivity contribution in [2.75, 3.05) is 26.7 Å². The third-order valence-corrected chi connectivity index (χ3v) is 6.87. The van der Waals surface area contributed by atoms with E-state index in [1.165, 1.54) is 13.8 Å². The predicted octanol–water partition coefficient (Wildman–Crippen LogP) is 4.66. The van der Waals surface area contributed by atoms with Gasteiger partial charge in [-0.2, -0.15) is 0 Å². The van der Waals surface area contributed by atoms with Crippen LogP contribution < -0.4 is 14.2 Å².